The Balaban J connectivity index is 2.09. The Hall–Kier alpha value is -1.95. The third-order valence-corrected chi connectivity index (χ3v) is 3.78. The summed E-state index contributed by atoms with van der Waals surface area (Å²) in [4.78, 5) is 0. The molecule has 1 aromatic carbocycles. The number of nitrogens with two attached hydrogens (primary N) is 1. The number of methoxy groups -OCH3 is 2. The van der Waals surface area contributed by atoms with Crippen LogP contribution in [0.4, 0.5) is 10.8 Å². The fourth-order valence-electron chi connectivity index (χ4n) is 1.69. The van der Waals surface area contributed by atoms with Gasteiger partial charge in [0.1, 0.15) is 10.8 Å². The molecule has 0 bridgehead atoms. The third-order valence-electron chi connectivity index (χ3n) is 2.86. The van der Waals surface area contributed by atoms with Gasteiger partial charge in [-0.3, -0.25) is 0 Å². The fourth-order valence-corrected chi connectivity index (χ4v) is 2.39. The van der Waals surface area contributed by atoms with Crippen molar-refractivity contribution in [2.75, 3.05) is 25.3 Å². The van der Waals surface area contributed by atoms with E-state index in [9.17, 15) is 0 Å². The molecule has 102 valence electrons. The van der Waals surface area contributed by atoms with Crippen LogP contribution < -0.4 is 20.5 Å². The topological polar surface area (TPSA) is 69.4 Å². The quantitative estimate of drug-likeness (QED) is 0.880. The Labute approximate surface area is 116 Å². The lowest BCUT2D eigenvalue weighted by Gasteiger charge is -2.10. The van der Waals surface area contributed by atoms with Gasteiger partial charge in [-0.2, -0.15) is 4.37 Å². The third kappa shape index (κ3) is 2.90. The van der Waals surface area contributed by atoms with Crippen molar-refractivity contribution in [3.63, 3.8) is 0 Å². The summed E-state index contributed by atoms with van der Waals surface area (Å²) in [6.07, 6.45) is 0. The van der Waals surface area contributed by atoms with E-state index < -0.39 is 0 Å². The van der Waals surface area contributed by atoms with Crippen molar-refractivity contribution in [1.29, 1.82) is 0 Å². The van der Waals surface area contributed by atoms with Gasteiger partial charge in [-0.25, -0.2) is 0 Å². The maximum Gasteiger partial charge on any atom is 0.161 e. The van der Waals surface area contributed by atoms with Gasteiger partial charge >= 0.3 is 0 Å². The molecule has 0 spiro atoms. The molecule has 0 aliphatic heterocycles. The van der Waals surface area contributed by atoms with Crippen molar-refractivity contribution in [1.82, 2.24) is 4.37 Å². The first-order valence-electron chi connectivity index (χ1n) is 5.82. The molecule has 2 rings (SSSR count). The molecule has 0 amide bonds. The Morgan fingerprint density at radius 1 is 1.26 bits per heavy atom. The predicted octanol–water partition coefficient (Wildman–Crippen LogP) is 2.66. The second kappa shape index (κ2) is 5.79. The first-order valence-corrected chi connectivity index (χ1v) is 6.59. The molecule has 0 unspecified atom stereocenters. The van der Waals surface area contributed by atoms with Gasteiger partial charge in [0, 0.05) is 12.1 Å². The average Bonchev–Trinajstić information content (AvgIpc) is 2.76. The molecule has 0 aliphatic carbocycles. The number of ether oxygens (including phenoxy) is 2. The number of nitrogens with one attached hydrogen (secondary N) is 1. The van der Waals surface area contributed by atoms with E-state index in [-0.39, 0.29) is 0 Å². The van der Waals surface area contributed by atoms with Crippen molar-refractivity contribution >= 4 is 22.4 Å². The van der Waals surface area contributed by atoms with Crippen molar-refractivity contribution in [3.8, 4) is 11.5 Å². The number of anilines is 2. The van der Waals surface area contributed by atoms with Crippen LogP contribution >= 0.6 is 11.5 Å². The molecule has 1 aromatic heterocycles. The lowest BCUT2D eigenvalue weighted by Crippen LogP contribution is -2.00. The van der Waals surface area contributed by atoms with E-state index in [1.807, 2.05) is 25.1 Å². The van der Waals surface area contributed by atoms with Crippen LogP contribution in [0, 0.1) is 6.92 Å². The van der Waals surface area contributed by atoms with E-state index in [0.29, 0.717) is 12.4 Å². The highest BCUT2D eigenvalue weighted by atomic mass is 32.1. The van der Waals surface area contributed by atoms with Crippen molar-refractivity contribution in [3.05, 3.63) is 29.3 Å². The summed E-state index contributed by atoms with van der Waals surface area (Å²) in [5.41, 5.74) is 7.81. The molecule has 5 nitrogen and oxygen atoms in total. The Morgan fingerprint density at radius 3 is 2.58 bits per heavy atom. The van der Waals surface area contributed by atoms with Crippen molar-refractivity contribution in [2.24, 2.45) is 0 Å². The molecular formula is C13H17N3O2S. The minimum absolute atomic E-state index is 0.583. The summed E-state index contributed by atoms with van der Waals surface area (Å²) < 4.78 is 14.6. The molecule has 0 radical (unpaired) electrons. The molecule has 2 aromatic rings. The van der Waals surface area contributed by atoms with E-state index in [1.165, 1.54) is 11.5 Å². The maximum absolute atomic E-state index is 5.72. The van der Waals surface area contributed by atoms with Crippen LogP contribution in [-0.4, -0.2) is 18.6 Å². The fraction of sp³-hybridized carbons (Fsp3) is 0.308. The van der Waals surface area contributed by atoms with Gasteiger partial charge in [-0.15, -0.1) is 0 Å². The summed E-state index contributed by atoms with van der Waals surface area (Å²) in [6.45, 7) is 2.64. The summed E-state index contributed by atoms with van der Waals surface area (Å²) in [6, 6.07) is 5.84. The summed E-state index contributed by atoms with van der Waals surface area (Å²) in [5, 5.41) is 4.31. The molecule has 19 heavy (non-hydrogen) atoms. The molecule has 0 saturated heterocycles. The predicted molar refractivity (Wildman–Crippen MR) is 78.1 cm³/mol. The van der Waals surface area contributed by atoms with Crippen LogP contribution in [0.15, 0.2) is 18.2 Å². The van der Waals surface area contributed by atoms with E-state index in [2.05, 4.69) is 9.69 Å². The molecule has 3 N–H and O–H groups in total. The van der Waals surface area contributed by atoms with E-state index >= 15 is 0 Å². The zero-order valence-corrected chi connectivity index (χ0v) is 12.0. The van der Waals surface area contributed by atoms with Crippen LogP contribution in [0.2, 0.25) is 0 Å². The molecule has 0 fully saturated rings. The second-order valence-electron chi connectivity index (χ2n) is 4.06. The normalized spacial score (nSPS) is 10.3. The SMILES string of the molecule is COc1ccc(CNc2snc(N)c2C)cc1OC. The van der Waals surface area contributed by atoms with Crippen LogP contribution in [0.25, 0.3) is 0 Å². The number of nitrogens with zero attached hydrogens (tertiary/aromatic N) is 1. The molecule has 0 aliphatic rings. The van der Waals surface area contributed by atoms with E-state index in [1.54, 1.807) is 14.2 Å². The van der Waals surface area contributed by atoms with Gasteiger partial charge in [0.2, 0.25) is 0 Å². The Bertz CT molecular complexity index is 569. The molecule has 6 heteroatoms. The summed E-state index contributed by atoms with van der Waals surface area (Å²) in [7, 11) is 3.25. The average molecular weight is 279 g/mol. The first kappa shape index (κ1) is 13.5. The second-order valence-corrected chi connectivity index (χ2v) is 4.84. The molecule has 1 heterocycles. The van der Waals surface area contributed by atoms with Gasteiger partial charge in [0.15, 0.2) is 11.5 Å². The lowest BCUT2D eigenvalue weighted by molar-refractivity contribution is 0.354. The monoisotopic (exact) mass is 279 g/mol. The maximum atomic E-state index is 5.72. The number of hydrogen-bond donors (Lipinski definition) is 2. The minimum atomic E-state index is 0.583. The lowest BCUT2D eigenvalue weighted by atomic mass is 10.2. The van der Waals surface area contributed by atoms with E-state index in [0.717, 1.165) is 27.6 Å². The van der Waals surface area contributed by atoms with E-state index in [4.69, 9.17) is 15.2 Å². The van der Waals surface area contributed by atoms with Crippen LogP contribution in [0.1, 0.15) is 11.1 Å². The zero-order chi connectivity index (χ0) is 13.8. The number of rotatable bonds is 5. The molecular weight excluding hydrogens is 262 g/mol. The highest BCUT2D eigenvalue weighted by Crippen LogP contribution is 2.29. The standard InChI is InChI=1S/C13H17N3O2S/c1-8-12(14)16-19-13(8)15-7-9-4-5-10(17-2)11(6-9)18-3/h4-6,15H,7H2,1-3H3,(H2,14,16). The van der Waals surface area contributed by atoms with Crippen molar-refractivity contribution < 1.29 is 9.47 Å². The zero-order valence-electron chi connectivity index (χ0n) is 11.2. The van der Waals surface area contributed by atoms with Crippen LogP contribution in [0.3, 0.4) is 0 Å². The number of benzene rings is 1. The van der Waals surface area contributed by atoms with Crippen LogP contribution in [0.5, 0.6) is 11.5 Å². The molecule has 0 saturated carbocycles. The first-order chi connectivity index (χ1) is 9.15. The highest BCUT2D eigenvalue weighted by molar-refractivity contribution is 7.10. The smallest absolute Gasteiger partial charge is 0.161 e. The van der Waals surface area contributed by atoms with Gasteiger partial charge in [-0.05, 0) is 36.2 Å². The summed E-state index contributed by atoms with van der Waals surface area (Å²) in [5.74, 6) is 2.03. The van der Waals surface area contributed by atoms with Gasteiger partial charge in [-0.1, -0.05) is 6.07 Å². The molecule has 0 atom stereocenters. The van der Waals surface area contributed by atoms with Crippen molar-refractivity contribution in [2.45, 2.75) is 13.5 Å². The largest absolute Gasteiger partial charge is 0.493 e. The van der Waals surface area contributed by atoms with Gasteiger partial charge in [0.05, 0.1) is 14.2 Å². The summed E-state index contributed by atoms with van der Waals surface area (Å²) >= 11 is 1.37. The van der Waals surface area contributed by atoms with Crippen LogP contribution in [-0.2, 0) is 6.54 Å². The number of aromatic nitrogens is 1. The highest BCUT2D eigenvalue weighted by Gasteiger charge is 2.08. The Kier molecular flexibility index (Phi) is 4.11. The van der Waals surface area contributed by atoms with Gasteiger partial charge < -0.3 is 20.5 Å². The minimum Gasteiger partial charge on any atom is -0.493 e. The van der Waals surface area contributed by atoms with Gasteiger partial charge in [0.25, 0.3) is 0 Å². The number of hydrogen-bond acceptors (Lipinski definition) is 6. The number of nitrogen functional groups attached to an aromatic ring is 1. The Morgan fingerprint density at radius 2 is 2.00 bits per heavy atom.